The smallest absolute Gasteiger partial charge is 0.271 e. The van der Waals surface area contributed by atoms with E-state index in [1.54, 1.807) is 30.7 Å². The van der Waals surface area contributed by atoms with Gasteiger partial charge in [-0.15, -0.1) is 0 Å². The zero-order valence-corrected chi connectivity index (χ0v) is 15.4. The molecule has 0 aliphatic heterocycles. The van der Waals surface area contributed by atoms with Crippen LogP contribution in [0.2, 0.25) is 0 Å². The molecule has 2 aromatic rings. The van der Waals surface area contributed by atoms with Gasteiger partial charge in [-0.25, -0.2) is 5.43 Å². The maximum absolute atomic E-state index is 11.8. The minimum Gasteiger partial charge on any atom is -0.494 e. The normalized spacial score (nSPS) is 10.8. The molecule has 0 saturated heterocycles. The highest BCUT2D eigenvalue weighted by atomic mass is 16.5. The summed E-state index contributed by atoms with van der Waals surface area (Å²) in [4.78, 5) is 15.7. The zero-order chi connectivity index (χ0) is 18.5. The second-order valence-corrected chi connectivity index (χ2v) is 6.12. The summed E-state index contributed by atoms with van der Waals surface area (Å²) in [6, 6.07) is 10.9. The Hall–Kier alpha value is -2.69. The van der Waals surface area contributed by atoms with E-state index >= 15 is 0 Å². The van der Waals surface area contributed by atoms with Crippen LogP contribution >= 0.6 is 0 Å². The molecular weight excluding hydrogens is 326 g/mol. The van der Waals surface area contributed by atoms with Crippen LogP contribution in [0.15, 0.2) is 53.9 Å². The first-order chi connectivity index (χ1) is 12.8. The number of nitrogens with zero attached hydrogens (tertiary/aromatic N) is 2. The lowest BCUT2D eigenvalue weighted by molar-refractivity contribution is 0.0955. The number of pyridine rings is 1. The molecule has 2 rings (SSSR count). The van der Waals surface area contributed by atoms with Gasteiger partial charge in [-0.1, -0.05) is 39.0 Å². The predicted octanol–water partition coefficient (Wildman–Crippen LogP) is 4.58. The highest BCUT2D eigenvalue weighted by Gasteiger charge is 2.02. The van der Waals surface area contributed by atoms with E-state index < -0.39 is 0 Å². The molecule has 138 valence electrons. The molecular formula is C21H27N3O2. The molecule has 1 N–H and O–H groups in total. The van der Waals surface area contributed by atoms with Crippen molar-refractivity contribution in [2.75, 3.05) is 6.61 Å². The summed E-state index contributed by atoms with van der Waals surface area (Å²) in [5.74, 6) is 0.596. The predicted molar refractivity (Wildman–Crippen MR) is 105 cm³/mol. The highest BCUT2D eigenvalue weighted by Crippen LogP contribution is 2.12. The van der Waals surface area contributed by atoms with Gasteiger partial charge in [-0.2, -0.15) is 5.10 Å². The van der Waals surface area contributed by atoms with E-state index in [2.05, 4.69) is 22.4 Å². The molecule has 26 heavy (non-hydrogen) atoms. The van der Waals surface area contributed by atoms with Crippen molar-refractivity contribution in [3.05, 3.63) is 59.9 Å². The van der Waals surface area contributed by atoms with E-state index in [0.717, 1.165) is 24.3 Å². The van der Waals surface area contributed by atoms with E-state index in [4.69, 9.17) is 4.74 Å². The van der Waals surface area contributed by atoms with Crippen LogP contribution in [0.4, 0.5) is 0 Å². The van der Waals surface area contributed by atoms with Crippen molar-refractivity contribution in [1.29, 1.82) is 0 Å². The Labute approximate surface area is 155 Å². The van der Waals surface area contributed by atoms with Crippen molar-refractivity contribution in [3.63, 3.8) is 0 Å². The minimum atomic E-state index is -0.262. The summed E-state index contributed by atoms with van der Waals surface area (Å²) < 4.78 is 5.75. The third-order valence-corrected chi connectivity index (χ3v) is 3.97. The number of ether oxygens (including phenoxy) is 1. The molecule has 1 amide bonds. The number of nitrogens with one attached hydrogen (secondary N) is 1. The lowest BCUT2D eigenvalue weighted by Crippen LogP contribution is -2.17. The van der Waals surface area contributed by atoms with Crippen molar-refractivity contribution < 1.29 is 9.53 Å². The van der Waals surface area contributed by atoms with Crippen LogP contribution in [0.5, 0.6) is 5.75 Å². The first kappa shape index (κ1) is 19.6. The minimum absolute atomic E-state index is 0.262. The van der Waals surface area contributed by atoms with E-state index in [1.165, 1.54) is 32.1 Å². The van der Waals surface area contributed by atoms with Crippen molar-refractivity contribution in [2.45, 2.75) is 45.4 Å². The van der Waals surface area contributed by atoms with Gasteiger partial charge in [0, 0.05) is 18.0 Å². The Balaban J connectivity index is 1.67. The van der Waals surface area contributed by atoms with Gasteiger partial charge >= 0.3 is 0 Å². The van der Waals surface area contributed by atoms with Crippen LogP contribution in [0.1, 0.15) is 61.4 Å². The third-order valence-electron chi connectivity index (χ3n) is 3.97. The largest absolute Gasteiger partial charge is 0.494 e. The fourth-order valence-electron chi connectivity index (χ4n) is 2.46. The molecule has 1 aromatic carbocycles. The lowest BCUT2D eigenvalue weighted by Gasteiger charge is -2.06. The van der Waals surface area contributed by atoms with Crippen LogP contribution in [0.25, 0.3) is 0 Å². The molecule has 5 nitrogen and oxygen atoms in total. The van der Waals surface area contributed by atoms with Crippen molar-refractivity contribution in [3.8, 4) is 5.75 Å². The summed E-state index contributed by atoms with van der Waals surface area (Å²) >= 11 is 0. The quantitative estimate of drug-likeness (QED) is 0.365. The van der Waals surface area contributed by atoms with E-state index in [0.29, 0.717) is 5.56 Å². The van der Waals surface area contributed by atoms with Crippen LogP contribution < -0.4 is 10.2 Å². The molecule has 0 unspecified atom stereocenters. The summed E-state index contributed by atoms with van der Waals surface area (Å²) in [6.07, 6.45) is 12.3. The van der Waals surface area contributed by atoms with E-state index in [-0.39, 0.29) is 5.91 Å². The van der Waals surface area contributed by atoms with E-state index in [1.807, 2.05) is 24.3 Å². The van der Waals surface area contributed by atoms with Gasteiger partial charge in [-0.3, -0.25) is 9.78 Å². The number of carbonyl (C=O) groups is 1. The van der Waals surface area contributed by atoms with Gasteiger partial charge in [0.15, 0.2) is 0 Å². The average molecular weight is 353 g/mol. The van der Waals surface area contributed by atoms with Gasteiger partial charge in [0.2, 0.25) is 0 Å². The average Bonchev–Trinajstić information content (AvgIpc) is 2.69. The molecule has 0 saturated carbocycles. The molecule has 5 heteroatoms. The van der Waals surface area contributed by atoms with Gasteiger partial charge in [0.25, 0.3) is 5.91 Å². The Morgan fingerprint density at radius 1 is 1.04 bits per heavy atom. The second-order valence-electron chi connectivity index (χ2n) is 6.12. The molecule has 0 radical (unpaired) electrons. The lowest BCUT2D eigenvalue weighted by atomic mass is 10.1. The number of benzene rings is 1. The van der Waals surface area contributed by atoms with E-state index in [9.17, 15) is 4.79 Å². The Morgan fingerprint density at radius 2 is 1.73 bits per heavy atom. The van der Waals surface area contributed by atoms with Gasteiger partial charge in [-0.05, 0) is 48.4 Å². The molecule has 0 bridgehead atoms. The standard InChI is InChI=1S/C21H27N3O2/c1-2-3-4-5-6-7-16-26-20-10-8-18(9-11-20)17-23-24-21(25)19-12-14-22-15-13-19/h8-15,17H,2-7,16H2,1H3,(H,24,25)/b23-17+. The monoisotopic (exact) mass is 353 g/mol. The van der Waals surface area contributed by atoms with Gasteiger partial charge < -0.3 is 4.74 Å². The molecule has 0 aliphatic carbocycles. The van der Waals surface area contributed by atoms with Crippen molar-refractivity contribution >= 4 is 12.1 Å². The number of hydrazone groups is 1. The van der Waals surface area contributed by atoms with Crippen LogP contribution in [-0.4, -0.2) is 23.7 Å². The highest BCUT2D eigenvalue weighted by molar-refractivity contribution is 5.94. The first-order valence-electron chi connectivity index (χ1n) is 9.26. The van der Waals surface area contributed by atoms with Crippen molar-refractivity contribution in [2.24, 2.45) is 5.10 Å². The Morgan fingerprint density at radius 3 is 2.46 bits per heavy atom. The molecule has 0 atom stereocenters. The molecule has 0 aliphatic rings. The fourth-order valence-corrected chi connectivity index (χ4v) is 2.46. The van der Waals surface area contributed by atoms with Crippen LogP contribution in [0.3, 0.4) is 0 Å². The van der Waals surface area contributed by atoms with Crippen LogP contribution in [0, 0.1) is 0 Å². The number of aromatic nitrogens is 1. The number of hydrogen-bond donors (Lipinski definition) is 1. The first-order valence-corrected chi connectivity index (χ1v) is 9.26. The third kappa shape index (κ3) is 7.47. The number of hydrogen-bond acceptors (Lipinski definition) is 4. The topological polar surface area (TPSA) is 63.6 Å². The maximum Gasteiger partial charge on any atom is 0.271 e. The van der Waals surface area contributed by atoms with Gasteiger partial charge in [0.05, 0.1) is 12.8 Å². The molecule has 1 aromatic heterocycles. The Bertz CT molecular complexity index is 669. The summed E-state index contributed by atoms with van der Waals surface area (Å²) in [5.41, 5.74) is 3.92. The summed E-state index contributed by atoms with van der Waals surface area (Å²) in [5, 5.41) is 3.97. The molecule has 0 spiro atoms. The molecule has 0 fully saturated rings. The number of rotatable bonds is 11. The summed E-state index contributed by atoms with van der Waals surface area (Å²) in [7, 11) is 0. The van der Waals surface area contributed by atoms with Gasteiger partial charge in [0.1, 0.15) is 5.75 Å². The fraction of sp³-hybridized carbons (Fsp3) is 0.381. The zero-order valence-electron chi connectivity index (χ0n) is 15.4. The SMILES string of the molecule is CCCCCCCCOc1ccc(/C=N/NC(=O)c2ccncc2)cc1. The number of unbranched alkanes of at least 4 members (excludes halogenated alkanes) is 5. The number of amides is 1. The molecule has 1 heterocycles. The number of carbonyl (C=O) groups excluding carboxylic acids is 1. The Kier molecular flexibility index (Phi) is 8.90. The van der Waals surface area contributed by atoms with Crippen LogP contribution in [-0.2, 0) is 0 Å². The second kappa shape index (κ2) is 11.8. The van der Waals surface area contributed by atoms with Crippen molar-refractivity contribution in [1.82, 2.24) is 10.4 Å². The maximum atomic E-state index is 11.8. The summed E-state index contributed by atoms with van der Waals surface area (Å²) in [6.45, 7) is 2.98.